The van der Waals surface area contributed by atoms with E-state index in [9.17, 15) is 14.9 Å². The van der Waals surface area contributed by atoms with Gasteiger partial charge in [-0.1, -0.05) is 22.0 Å². The Morgan fingerprint density at radius 3 is 2.48 bits per heavy atom. The van der Waals surface area contributed by atoms with Crippen molar-refractivity contribution in [3.63, 3.8) is 0 Å². The Kier molecular flexibility index (Phi) is 5.33. The first kappa shape index (κ1) is 17.0. The third kappa shape index (κ3) is 4.53. The van der Waals surface area contributed by atoms with E-state index in [4.69, 9.17) is 9.47 Å². The number of carbonyl (C=O) groups is 1. The van der Waals surface area contributed by atoms with E-state index in [0.717, 1.165) is 15.6 Å². The van der Waals surface area contributed by atoms with Crippen LogP contribution in [0.3, 0.4) is 0 Å². The molecule has 120 valence electrons. The van der Waals surface area contributed by atoms with Crippen LogP contribution in [0.25, 0.3) is 0 Å². The number of aryl methyl sites for hydroxylation is 2. The van der Waals surface area contributed by atoms with Crippen molar-refractivity contribution in [1.29, 1.82) is 0 Å². The van der Waals surface area contributed by atoms with Crippen molar-refractivity contribution in [2.75, 3.05) is 6.61 Å². The maximum Gasteiger partial charge on any atom is 0.349 e. The van der Waals surface area contributed by atoms with Gasteiger partial charge in [0, 0.05) is 10.5 Å². The summed E-state index contributed by atoms with van der Waals surface area (Å²) in [7, 11) is 0. The summed E-state index contributed by atoms with van der Waals surface area (Å²) in [6.07, 6.45) is 0. The third-order valence-corrected chi connectivity index (χ3v) is 3.48. The monoisotopic (exact) mass is 379 g/mol. The number of esters is 1. The molecule has 0 bridgehead atoms. The number of halogens is 1. The Bertz CT molecular complexity index is 737. The van der Waals surface area contributed by atoms with Gasteiger partial charge in [0.2, 0.25) is 0 Å². The Morgan fingerprint density at radius 1 is 1.22 bits per heavy atom. The van der Waals surface area contributed by atoms with Gasteiger partial charge in [-0.25, -0.2) is 4.79 Å². The molecule has 0 amide bonds. The third-order valence-electron chi connectivity index (χ3n) is 3.02. The van der Waals surface area contributed by atoms with E-state index in [2.05, 4.69) is 15.9 Å². The minimum absolute atomic E-state index is 0.108. The number of rotatable bonds is 5. The highest BCUT2D eigenvalue weighted by Crippen LogP contribution is 2.27. The van der Waals surface area contributed by atoms with Gasteiger partial charge in [0.15, 0.2) is 6.61 Å². The number of non-ortho nitro benzene ring substituents is 1. The molecular weight excluding hydrogens is 366 g/mol. The maximum atomic E-state index is 11.8. The minimum atomic E-state index is -0.632. The fourth-order valence-corrected chi connectivity index (χ4v) is 2.76. The molecule has 23 heavy (non-hydrogen) atoms. The van der Waals surface area contributed by atoms with Gasteiger partial charge >= 0.3 is 5.97 Å². The Labute approximate surface area is 141 Å². The van der Waals surface area contributed by atoms with Crippen LogP contribution in [-0.4, -0.2) is 17.5 Å². The summed E-state index contributed by atoms with van der Waals surface area (Å²) in [6, 6.07) is 9.20. The van der Waals surface area contributed by atoms with Gasteiger partial charge < -0.3 is 9.47 Å². The van der Waals surface area contributed by atoms with Crippen LogP contribution in [-0.2, 0) is 4.79 Å². The molecule has 0 aliphatic carbocycles. The van der Waals surface area contributed by atoms with Crippen molar-refractivity contribution in [2.24, 2.45) is 0 Å². The van der Waals surface area contributed by atoms with E-state index in [0.29, 0.717) is 5.75 Å². The molecule has 0 aliphatic heterocycles. The van der Waals surface area contributed by atoms with E-state index in [-0.39, 0.29) is 18.0 Å². The summed E-state index contributed by atoms with van der Waals surface area (Å²) >= 11 is 3.39. The van der Waals surface area contributed by atoms with Gasteiger partial charge in [-0.05, 0) is 43.2 Å². The van der Waals surface area contributed by atoms with E-state index in [1.54, 1.807) is 0 Å². The number of hydrogen-bond donors (Lipinski definition) is 0. The van der Waals surface area contributed by atoms with Crippen LogP contribution < -0.4 is 9.47 Å². The highest BCUT2D eigenvalue weighted by Gasteiger charge is 2.12. The Balaban J connectivity index is 2.01. The second-order valence-electron chi connectivity index (χ2n) is 4.89. The van der Waals surface area contributed by atoms with Crippen molar-refractivity contribution in [1.82, 2.24) is 0 Å². The van der Waals surface area contributed by atoms with Crippen LogP contribution >= 0.6 is 15.9 Å². The number of hydrogen-bond acceptors (Lipinski definition) is 5. The molecule has 0 atom stereocenters. The lowest BCUT2D eigenvalue weighted by molar-refractivity contribution is -0.384. The normalized spacial score (nSPS) is 10.2. The first-order valence-corrected chi connectivity index (χ1v) is 7.51. The molecule has 0 heterocycles. The predicted octanol–water partition coefficient (Wildman–Crippen LogP) is 3.96. The molecule has 0 radical (unpaired) electrons. The molecule has 0 saturated carbocycles. The highest BCUT2D eigenvalue weighted by atomic mass is 79.9. The number of nitrogens with zero attached hydrogens (tertiary/aromatic N) is 1. The smallest absolute Gasteiger partial charge is 0.349 e. The fraction of sp³-hybridized carbons (Fsp3) is 0.188. The van der Waals surface area contributed by atoms with E-state index in [1.165, 1.54) is 24.3 Å². The van der Waals surface area contributed by atoms with E-state index in [1.807, 2.05) is 26.0 Å². The summed E-state index contributed by atoms with van der Waals surface area (Å²) in [4.78, 5) is 22.0. The standard InChI is InChI=1S/C16H14BrNO5/c1-10-6-12(17)7-11(2)16(10)22-9-15(19)23-14-5-3-4-13(8-14)18(20)21/h3-8H,9H2,1-2H3. The fourth-order valence-electron chi connectivity index (χ4n) is 2.08. The van der Waals surface area contributed by atoms with Crippen LogP contribution in [0, 0.1) is 24.0 Å². The average molecular weight is 380 g/mol. The Morgan fingerprint density at radius 2 is 1.87 bits per heavy atom. The van der Waals surface area contributed by atoms with Crippen molar-refractivity contribution < 1.29 is 19.2 Å². The SMILES string of the molecule is Cc1cc(Br)cc(C)c1OCC(=O)Oc1cccc([N+](=O)[O-])c1. The first-order chi connectivity index (χ1) is 10.9. The number of nitro benzene ring substituents is 1. The van der Waals surface area contributed by atoms with Crippen LogP contribution in [0.15, 0.2) is 40.9 Å². The molecule has 0 spiro atoms. The average Bonchev–Trinajstić information content (AvgIpc) is 2.46. The van der Waals surface area contributed by atoms with Gasteiger partial charge in [-0.2, -0.15) is 0 Å². The lowest BCUT2D eigenvalue weighted by Crippen LogP contribution is -2.18. The molecule has 0 aliphatic rings. The minimum Gasteiger partial charge on any atom is -0.481 e. The Hall–Kier alpha value is -2.41. The predicted molar refractivity (Wildman–Crippen MR) is 87.8 cm³/mol. The van der Waals surface area contributed by atoms with Crippen LogP contribution in [0.5, 0.6) is 11.5 Å². The second-order valence-corrected chi connectivity index (χ2v) is 5.80. The molecular formula is C16H14BrNO5. The van der Waals surface area contributed by atoms with Crippen molar-refractivity contribution >= 4 is 27.6 Å². The van der Waals surface area contributed by atoms with E-state index >= 15 is 0 Å². The highest BCUT2D eigenvalue weighted by molar-refractivity contribution is 9.10. The van der Waals surface area contributed by atoms with Crippen molar-refractivity contribution in [2.45, 2.75) is 13.8 Å². The molecule has 2 rings (SSSR count). The maximum absolute atomic E-state index is 11.8. The molecule has 0 saturated heterocycles. The van der Waals surface area contributed by atoms with Gasteiger partial charge in [-0.15, -0.1) is 0 Å². The molecule has 0 unspecified atom stereocenters. The largest absolute Gasteiger partial charge is 0.481 e. The van der Waals surface area contributed by atoms with E-state index < -0.39 is 10.9 Å². The summed E-state index contributed by atoms with van der Waals surface area (Å²) in [5, 5.41) is 10.7. The van der Waals surface area contributed by atoms with Gasteiger partial charge in [0.1, 0.15) is 11.5 Å². The van der Waals surface area contributed by atoms with Crippen molar-refractivity contribution in [3.05, 3.63) is 62.1 Å². The summed E-state index contributed by atoms with van der Waals surface area (Å²) in [6.45, 7) is 3.46. The zero-order chi connectivity index (χ0) is 17.0. The number of ether oxygens (including phenoxy) is 2. The number of benzene rings is 2. The van der Waals surface area contributed by atoms with Gasteiger partial charge in [0.05, 0.1) is 11.0 Å². The number of nitro groups is 1. The quantitative estimate of drug-likeness (QED) is 0.340. The summed E-state index contributed by atoms with van der Waals surface area (Å²) in [5.74, 6) is 0.0912. The van der Waals surface area contributed by atoms with Crippen molar-refractivity contribution in [3.8, 4) is 11.5 Å². The van der Waals surface area contributed by atoms with Gasteiger partial charge in [-0.3, -0.25) is 10.1 Å². The molecule has 7 heteroatoms. The molecule has 0 fully saturated rings. The lowest BCUT2D eigenvalue weighted by atomic mass is 10.1. The van der Waals surface area contributed by atoms with Crippen LogP contribution in [0.1, 0.15) is 11.1 Å². The van der Waals surface area contributed by atoms with Gasteiger partial charge in [0.25, 0.3) is 5.69 Å². The first-order valence-electron chi connectivity index (χ1n) is 6.71. The topological polar surface area (TPSA) is 78.7 Å². The zero-order valence-electron chi connectivity index (χ0n) is 12.5. The summed E-state index contributed by atoms with van der Waals surface area (Å²) < 4.78 is 11.5. The molecule has 2 aromatic carbocycles. The zero-order valence-corrected chi connectivity index (χ0v) is 14.1. The number of carbonyl (C=O) groups excluding carboxylic acids is 1. The molecule has 2 aromatic rings. The van der Waals surface area contributed by atoms with Crippen LogP contribution in [0.4, 0.5) is 5.69 Å². The van der Waals surface area contributed by atoms with Crippen LogP contribution in [0.2, 0.25) is 0 Å². The molecule has 0 N–H and O–H groups in total. The molecule has 0 aromatic heterocycles. The second kappa shape index (κ2) is 7.23. The summed E-state index contributed by atoms with van der Waals surface area (Å²) in [5.41, 5.74) is 1.64. The molecule has 6 nitrogen and oxygen atoms in total. The lowest BCUT2D eigenvalue weighted by Gasteiger charge is -2.12.